The van der Waals surface area contributed by atoms with Gasteiger partial charge in [0.1, 0.15) is 5.48 Å². The Kier molecular flexibility index (Phi) is 3.96. The second kappa shape index (κ2) is 5.48. The molecule has 1 nitrogen and oxygen atoms in total. The molecule has 0 spiro atoms. The van der Waals surface area contributed by atoms with Crippen LogP contribution in [0.5, 0.6) is 0 Å². The van der Waals surface area contributed by atoms with Gasteiger partial charge in [0, 0.05) is 10.9 Å². The van der Waals surface area contributed by atoms with Crippen molar-refractivity contribution in [3.8, 4) is 0 Å². The monoisotopic (exact) mass is 256 g/mol. The van der Waals surface area contributed by atoms with E-state index in [0.717, 1.165) is 30.2 Å². The lowest BCUT2D eigenvalue weighted by Gasteiger charge is -2.10. The first-order valence-corrected chi connectivity index (χ1v) is 6.88. The molecule has 92 valence electrons. The molecular formula is C16H17OP. The van der Waals surface area contributed by atoms with Crippen LogP contribution in [0.2, 0.25) is 0 Å². The summed E-state index contributed by atoms with van der Waals surface area (Å²) in [6.07, 6.45) is 0. The topological polar surface area (TPSA) is 20.2 Å². The van der Waals surface area contributed by atoms with E-state index in [4.69, 9.17) is 0 Å². The van der Waals surface area contributed by atoms with E-state index in [-0.39, 0.29) is 0 Å². The van der Waals surface area contributed by atoms with Crippen molar-refractivity contribution < 1.29 is 5.11 Å². The minimum atomic E-state index is 0.427. The average molecular weight is 256 g/mol. The zero-order valence-corrected chi connectivity index (χ0v) is 11.8. The van der Waals surface area contributed by atoms with E-state index in [2.05, 4.69) is 19.1 Å². The van der Waals surface area contributed by atoms with Crippen LogP contribution in [0.4, 0.5) is 0 Å². The molecule has 0 heterocycles. The number of hydrogen-bond acceptors (Lipinski definition) is 0. The summed E-state index contributed by atoms with van der Waals surface area (Å²) < 4.78 is 0. The largest absolute Gasteiger partial charge is 0.356 e. The van der Waals surface area contributed by atoms with E-state index in [1.807, 2.05) is 44.2 Å². The summed E-state index contributed by atoms with van der Waals surface area (Å²) >= 11 is 0. The predicted molar refractivity (Wildman–Crippen MR) is 79.7 cm³/mol. The van der Waals surface area contributed by atoms with Crippen LogP contribution in [0.3, 0.4) is 0 Å². The number of hydrogen-bond donors (Lipinski definition) is 1. The molecule has 0 fully saturated rings. The summed E-state index contributed by atoms with van der Waals surface area (Å²) in [4.78, 5) is 0. The highest BCUT2D eigenvalue weighted by Gasteiger charge is 2.07. The SMILES string of the molecule is Cc1cc(C)c(C(O)=Pc2ccccc2)c(C)c1. The summed E-state index contributed by atoms with van der Waals surface area (Å²) in [6, 6.07) is 14.2. The minimum absolute atomic E-state index is 0.427. The molecule has 0 saturated carbocycles. The third-order valence-corrected chi connectivity index (χ3v) is 3.88. The van der Waals surface area contributed by atoms with E-state index in [0.29, 0.717) is 5.48 Å². The van der Waals surface area contributed by atoms with E-state index < -0.39 is 0 Å². The highest BCUT2D eigenvalue weighted by molar-refractivity contribution is 7.49. The van der Waals surface area contributed by atoms with E-state index in [1.165, 1.54) is 5.56 Å². The normalized spacial score (nSPS) is 11.7. The summed E-state index contributed by atoms with van der Waals surface area (Å²) in [7, 11) is 0.860. The zero-order chi connectivity index (χ0) is 13.1. The maximum absolute atomic E-state index is 10.3. The molecule has 0 unspecified atom stereocenters. The van der Waals surface area contributed by atoms with Gasteiger partial charge < -0.3 is 5.11 Å². The number of benzene rings is 2. The van der Waals surface area contributed by atoms with Gasteiger partial charge in [-0.15, -0.1) is 0 Å². The van der Waals surface area contributed by atoms with Crippen LogP contribution < -0.4 is 5.30 Å². The standard InChI is InChI=1S/C16H17OP/c1-11-9-12(2)15(13(3)10-11)16(17)18-14-7-5-4-6-8-14/h4-10,17H,1-3H3. The quantitative estimate of drug-likeness (QED) is 0.812. The molecule has 1 N–H and O–H groups in total. The maximum Gasteiger partial charge on any atom is 0.106 e. The summed E-state index contributed by atoms with van der Waals surface area (Å²) in [5.74, 6) is 0. The van der Waals surface area contributed by atoms with Crippen molar-refractivity contribution in [3.63, 3.8) is 0 Å². The molecule has 0 aliphatic rings. The van der Waals surface area contributed by atoms with Crippen LogP contribution in [0.25, 0.3) is 0 Å². The molecular weight excluding hydrogens is 239 g/mol. The first-order chi connectivity index (χ1) is 8.58. The fraction of sp³-hybridized carbons (Fsp3) is 0.188. The van der Waals surface area contributed by atoms with Crippen LogP contribution >= 0.6 is 8.20 Å². The van der Waals surface area contributed by atoms with Crippen molar-refractivity contribution in [3.05, 3.63) is 64.7 Å². The Bertz CT molecular complexity index is 562. The maximum atomic E-state index is 10.3. The van der Waals surface area contributed by atoms with Crippen molar-refractivity contribution in [1.29, 1.82) is 0 Å². The Labute approximate surface area is 110 Å². The van der Waals surface area contributed by atoms with Crippen molar-refractivity contribution in [2.45, 2.75) is 20.8 Å². The van der Waals surface area contributed by atoms with Crippen LogP contribution in [-0.2, 0) is 0 Å². The molecule has 0 aromatic heterocycles. The van der Waals surface area contributed by atoms with Gasteiger partial charge in [-0.3, -0.25) is 0 Å². The van der Waals surface area contributed by atoms with Gasteiger partial charge in [0.25, 0.3) is 0 Å². The number of aliphatic hydroxyl groups excluding tert-OH is 1. The first kappa shape index (κ1) is 13.0. The predicted octanol–water partition coefficient (Wildman–Crippen LogP) is 3.73. The molecule has 0 atom stereocenters. The van der Waals surface area contributed by atoms with Gasteiger partial charge in [0.15, 0.2) is 0 Å². The zero-order valence-electron chi connectivity index (χ0n) is 10.9. The van der Waals surface area contributed by atoms with Crippen LogP contribution in [0, 0.1) is 20.8 Å². The van der Waals surface area contributed by atoms with Gasteiger partial charge in [-0.25, -0.2) is 0 Å². The fourth-order valence-corrected chi connectivity index (χ4v) is 3.24. The van der Waals surface area contributed by atoms with E-state index in [1.54, 1.807) is 0 Å². The lowest BCUT2D eigenvalue weighted by atomic mass is 10.0. The highest BCUT2D eigenvalue weighted by Crippen LogP contribution is 2.19. The minimum Gasteiger partial charge on any atom is -0.356 e. The van der Waals surface area contributed by atoms with Crippen LogP contribution in [0.1, 0.15) is 22.3 Å². The van der Waals surface area contributed by atoms with Crippen molar-refractivity contribution in [1.82, 2.24) is 0 Å². The highest BCUT2D eigenvalue weighted by atomic mass is 31.1. The summed E-state index contributed by atoms with van der Waals surface area (Å²) in [6.45, 7) is 6.17. The lowest BCUT2D eigenvalue weighted by Crippen LogP contribution is -2.05. The molecule has 18 heavy (non-hydrogen) atoms. The summed E-state index contributed by atoms with van der Waals surface area (Å²) in [5, 5.41) is 11.4. The number of aryl methyl sites for hydroxylation is 3. The van der Waals surface area contributed by atoms with Gasteiger partial charge in [-0.2, -0.15) is 0 Å². The van der Waals surface area contributed by atoms with Crippen LogP contribution in [0.15, 0.2) is 42.5 Å². The molecule has 2 rings (SSSR count). The fourth-order valence-electron chi connectivity index (χ4n) is 2.21. The molecule has 0 bridgehead atoms. The second-order valence-electron chi connectivity index (χ2n) is 4.54. The summed E-state index contributed by atoms with van der Waals surface area (Å²) in [5.41, 5.74) is 4.90. The molecule has 0 aliphatic heterocycles. The van der Waals surface area contributed by atoms with Gasteiger partial charge in [-0.05, 0) is 40.1 Å². The lowest BCUT2D eigenvalue weighted by molar-refractivity contribution is 0.569. The third kappa shape index (κ3) is 2.87. The van der Waals surface area contributed by atoms with Gasteiger partial charge >= 0.3 is 0 Å². The number of rotatable bonds is 2. The number of aliphatic hydroxyl groups is 1. The van der Waals surface area contributed by atoms with Crippen molar-refractivity contribution in [2.75, 3.05) is 0 Å². The van der Waals surface area contributed by atoms with Gasteiger partial charge in [0.2, 0.25) is 0 Å². The Balaban J connectivity index is 2.47. The Morgan fingerprint density at radius 3 is 2.06 bits per heavy atom. The van der Waals surface area contributed by atoms with Crippen molar-refractivity contribution >= 4 is 19.0 Å². The molecule has 0 amide bonds. The van der Waals surface area contributed by atoms with Crippen molar-refractivity contribution in [2.24, 2.45) is 0 Å². The molecule has 2 heteroatoms. The molecule has 2 aromatic rings. The molecule has 0 saturated heterocycles. The van der Waals surface area contributed by atoms with E-state index in [9.17, 15) is 5.11 Å². The smallest absolute Gasteiger partial charge is 0.106 e. The molecule has 0 radical (unpaired) electrons. The Hall–Kier alpha value is -1.43. The Morgan fingerprint density at radius 1 is 0.944 bits per heavy atom. The van der Waals surface area contributed by atoms with Gasteiger partial charge in [-0.1, -0.05) is 48.0 Å². The third-order valence-electron chi connectivity index (χ3n) is 2.89. The molecule has 0 aliphatic carbocycles. The molecule has 2 aromatic carbocycles. The van der Waals surface area contributed by atoms with Gasteiger partial charge in [0.05, 0.1) is 0 Å². The second-order valence-corrected chi connectivity index (χ2v) is 5.71. The first-order valence-electron chi connectivity index (χ1n) is 5.99. The van der Waals surface area contributed by atoms with Crippen LogP contribution in [-0.4, -0.2) is 10.6 Å². The van der Waals surface area contributed by atoms with E-state index >= 15 is 0 Å². The Morgan fingerprint density at radius 2 is 1.50 bits per heavy atom. The average Bonchev–Trinajstić information content (AvgIpc) is 2.28.